The van der Waals surface area contributed by atoms with Crippen LogP contribution in [0.3, 0.4) is 0 Å². The lowest BCUT2D eigenvalue weighted by molar-refractivity contribution is -0.270. The van der Waals surface area contributed by atoms with Crippen LogP contribution in [0.5, 0.6) is 0 Å². The van der Waals surface area contributed by atoms with Gasteiger partial charge in [-0.05, 0) is 94.1 Å². The summed E-state index contributed by atoms with van der Waals surface area (Å²) in [5.74, 6) is 4.02. The van der Waals surface area contributed by atoms with E-state index in [-0.39, 0.29) is 11.2 Å². The molecular weight excluding hydrogens is 370 g/mol. The van der Waals surface area contributed by atoms with E-state index in [1.165, 1.54) is 50.5 Å². The molecule has 3 heterocycles. The van der Waals surface area contributed by atoms with Gasteiger partial charge >= 0.3 is 0 Å². The Hall–Kier alpha value is -1.13. The highest BCUT2D eigenvalue weighted by molar-refractivity contribution is 5.29. The molecule has 6 atom stereocenters. The molecule has 4 N–H and O–H groups in total. The van der Waals surface area contributed by atoms with E-state index in [9.17, 15) is 0 Å². The summed E-state index contributed by atoms with van der Waals surface area (Å²) in [5, 5.41) is 0. The van der Waals surface area contributed by atoms with E-state index in [2.05, 4.69) is 38.7 Å². The van der Waals surface area contributed by atoms with Gasteiger partial charge in [0, 0.05) is 18.2 Å². The maximum Gasteiger partial charge on any atom is 0.123 e. The number of nitrogen functional groups attached to an aromatic ring is 1. The fourth-order valence-electron chi connectivity index (χ4n) is 7.12. The first-order valence-electron chi connectivity index (χ1n) is 12.3. The summed E-state index contributed by atoms with van der Waals surface area (Å²) in [6.07, 6.45) is 13.2. The molecule has 0 aromatic carbocycles. The van der Waals surface area contributed by atoms with Crippen LogP contribution < -0.4 is 11.5 Å². The Kier molecular flexibility index (Phi) is 6.20. The first-order chi connectivity index (χ1) is 14.2. The molecule has 0 unspecified atom stereocenters. The van der Waals surface area contributed by atoms with Crippen molar-refractivity contribution in [3.63, 3.8) is 0 Å². The Bertz CT molecular complexity index is 715. The summed E-state index contributed by atoms with van der Waals surface area (Å²) in [6.45, 7) is 9.26. The quantitative estimate of drug-likeness (QED) is 0.659. The molecule has 2 aliphatic carbocycles. The highest BCUT2D eigenvalue weighted by Crippen LogP contribution is 2.56. The van der Waals surface area contributed by atoms with Crippen LogP contribution >= 0.6 is 0 Å². The SMILES string of the molecule is CC(C)CC[C@@H]1C[C@@H](Cc2ccc(N)nc2)C[C@@H]([C@]23CC[C@H]([C@H](N)C2)C(C)(C)O3)C1. The first kappa shape index (κ1) is 22.1. The minimum atomic E-state index is -0.0861. The number of hydrogen-bond acceptors (Lipinski definition) is 4. The number of rotatable bonds is 6. The highest BCUT2D eigenvalue weighted by Gasteiger charge is 2.58. The molecule has 4 fully saturated rings. The van der Waals surface area contributed by atoms with E-state index in [1.807, 2.05) is 12.3 Å². The Morgan fingerprint density at radius 1 is 1.17 bits per heavy atom. The summed E-state index contributed by atoms with van der Waals surface area (Å²) < 4.78 is 6.95. The lowest BCUT2D eigenvalue weighted by Gasteiger charge is -2.61. The van der Waals surface area contributed by atoms with Crippen molar-refractivity contribution in [2.24, 2.45) is 35.3 Å². The van der Waals surface area contributed by atoms with Crippen molar-refractivity contribution in [1.29, 1.82) is 0 Å². The fraction of sp³-hybridized carbons (Fsp3) is 0.808. The lowest BCUT2D eigenvalue weighted by atomic mass is 9.57. The average Bonchev–Trinajstić information content (AvgIpc) is 2.67. The maximum absolute atomic E-state index is 6.95. The van der Waals surface area contributed by atoms with Crippen LogP contribution in [0, 0.1) is 29.6 Å². The second kappa shape index (κ2) is 8.43. The van der Waals surface area contributed by atoms with Gasteiger partial charge in [-0.1, -0.05) is 32.8 Å². The van der Waals surface area contributed by atoms with Gasteiger partial charge in [0.1, 0.15) is 5.82 Å². The predicted molar refractivity (Wildman–Crippen MR) is 124 cm³/mol. The van der Waals surface area contributed by atoms with Crippen LogP contribution in [0.1, 0.15) is 84.6 Å². The third kappa shape index (κ3) is 4.55. The number of ether oxygens (including phenoxy) is 1. The van der Waals surface area contributed by atoms with Crippen molar-refractivity contribution < 1.29 is 4.74 Å². The summed E-state index contributed by atoms with van der Waals surface area (Å²) in [6, 6.07) is 4.39. The van der Waals surface area contributed by atoms with E-state index in [0.29, 0.717) is 29.6 Å². The monoisotopic (exact) mass is 413 g/mol. The standard InChI is InChI=1S/C26H43N3O/c1-17(2)5-6-18-11-20(12-19-7-8-24(28)29-16-19)14-21(13-18)26-10-9-22(23(27)15-26)25(3,4)30-26/h7-8,16-18,20-23H,5-6,9-15,27H2,1-4H3,(H2,28,29)/t18-,20+,21+,22-,23-,26+/m1/s1. The van der Waals surface area contributed by atoms with Crippen molar-refractivity contribution in [2.45, 2.75) is 103 Å². The van der Waals surface area contributed by atoms with E-state index in [4.69, 9.17) is 16.2 Å². The molecule has 1 aromatic rings. The minimum Gasteiger partial charge on any atom is -0.384 e. The second-order valence-electron chi connectivity index (χ2n) is 11.7. The summed E-state index contributed by atoms with van der Waals surface area (Å²) in [5.41, 5.74) is 13.7. The smallest absolute Gasteiger partial charge is 0.123 e. The van der Waals surface area contributed by atoms with Gasteiger partial charge in [-0.2, -0.15) is 0 Å². The third-order valence-corrected chi connectivity index (χ3v) is 8.51. The van der Waals surface area contributed by atoms with Crippen LogP contribution in [0.4, 0.5) is 5.82 Å². The number of nitrogens with two attached hydrogens (primary N) is 2. The van der Waals surface area contributed by atoms with Gasteiger partial charge in [0.05, 0.1) is 11.2 Å². The van der Waals surface area contributed by atoms with E-state index in [1.54, 1.807) is 0 Å². The van der Waals surface area contributed by atoms with Gasteiger partial charge in [-0.3, -0.25) is 0 Å². The van der Waals surface area contributed by atoms with E-state index >= 15 is 0 Å². The van der Waals surface area contributed by atoms with Gasteiger partial charge in [0.15, 0.2) is 0 Å². The Morgan fingerprint density at radius 3 is 2.57 bits per heavy atom. The molecule has 4 nitrogen and oxygen atoms in total. The molecule has 4 aliphatic rings. The molecule has 30 heavy (non-hydrogen) atoms. The van der Waals surface area contributed by atoms with Crippen molar-refractivity contribution >= 4 is 5.82 Å². The zero-order chi connectivity index (χ0) is 21.5. The molecule has 2 bridgehead atoms. The largest absolute Gasteiger partial charge is 0.384 e. The van der Waals surface area contributed by atoms with Gasteiger partial charge in [0.25, 0.3) is 0 Å². The first-order valence-corrected chi connectivity index (χ1v) is 12.3. The molecule has 1 aromatic heterocycles. The summed E-state index contributed by atoms with van der Waals surface area (Å²) >= 11 is 0. The molecular formula is C26H43N3O. The number of pyridine rings is 1. The number of aromatic nitrogens is 1. The molecule has 2 saturated carbocycles. The van der Waals surface area contributed by atoms with Gasteiger partial charge in [0.2, 0.25) is 0 Å². The van der Waals surface area contributed by atoms with Crippen LogP contribution in [0.25, 0.3) is 0 Å². The third-order valence-electron chi connectivity index (χ3n) is 8.51. The predicted octanol–water partition coefficient (Wildman–Crippen LogP) is 5.35. The minimum absolute atomic E-state index is 0.00815. The topological polar surface area (TPSA) is 74.2 Å². The number of anilines is 1. The number of nitrogens with zero attached hydrogens (tertiary/aromatic N) is 1. The lowest BCUT2D eigenvalue weighted by Crippen LogP contribution is -2.66. The zero-order valence-electron chi connectivity index (χ0n) is 19.6. The molecule has 0 spiro atoms. The molecule has 4 heteroatoms. The second-order valence-corrected chi connectivity index (χ2v) is 11.7. The van der Waals surface area contributed by atoms with Crippen molar-refractivity contribution in [2.75, 3.05) is 5.73 Å². The van der Waals surface area contributed by atoms with E-state index in [0.717, 1.165) is 24.7 Å². The molecule has 2 saturated heterocycles. The molecule has 0 radical (unpaired) electrons. The van der Waals surface area contributed by atoms with Crippen molar-refractivity contribution in [1.82, 2.24) is 4.98 Å². The van der Waals surface area contributed by atoms with Gasteiger partial charge in [-0.15, -0.1) is 0 Å². The van der Waals surface area contributed by atoms with Crippen LogP contribution in [-0.2, 0) is 11.2 Å². The zero-order valence-corrected chi connectivity index (χ0v) is 19.6. The average molecular weight is 414 g/mol. The summed E-state index contributed by atoms with van der Waals surface area (Å²) in [4.78, 5) is 4.33. The van der Waals surface area contributed by atoms with Crippen molar-refractivity contribution in [3.05, 3.63) is 23.9 Å². The fourth-order valence-corrected chi connectivity index (χ4v) is 7.12. The van der Waals surface area contributed by atoms with Gasteiger partial charge < -0.3 is 16.2 Å². The highest BCUT2D eigenvalue weighted by atomic mass is 16.5. The van der Waals surface area contributed by atoms with Crippen LogP contribution in [0.15, 0.2) is 18.3 Å². The maximum atomic E-state index is 6.95. The van der Waals surface area contributed by atoms with Crippen molar-refractivity contribution in [3.8, 4) is 0 Å². The molecule has 5 rings (SSSR count). The normalized spacial score (nSPS) is 38.1. The Labute approximate surface area is 183 Å². The molecule has 168 valence electrons. The number of fused-ring (bicyclic) bond motifs is 3. The van der Waals surface area contributed by atoms with E-state index < -0.39 is 0 Å². The number of hydrogen-bond donors (Lipinski definition) is 2. The van der Waals surface area contributed by atoms with Gasteiger partial charge in [-0.25, -0.2) is 4.98 Å². The Morgan fingerprint density at radius 2 is 1.93 bits per heavy atom. The van der Waals surface area contributed by atoms with Crippen LogP contribution in [0.2, 0.25) is 0 Å². The van der Waals surface area contributed by atoms with Crippen LogP contribution in [-0.4, -0.2) is 22.2 Å². The summed E-state index contributed by atoms with van der Waals surface area (Å²) in [7, 11) is 0. The Balaban J connectivity index is 1.54. The molecule has 2 aliphatic heterocycles. The molecule has 0 amide bonds.